The Morgan fingerprint density at radius 1 is 1.16 bits per heavy atom. The Morgan fingerprint density at radius 3 is 2.56 bits per heavy atom. The molecule has 0 aromatic carbocycles. The highest BCUT2D eigenvalue weighted by Gasteiger charge is 2.90. The number of ketones is 1. The Bertz CT molecular complexity index is 1300. The lowest BCUT2D eigenvalue weighted by molar-refractivity contribution is -0.407. The molecule has 3 aliphatic heterocycles. The van der Waals surface area contributed by atoms with Gasteiger partial charge in [-0.3, -0.25) is 9.59 Å². The first-order valence-electron chi connectivity index (χ1n) is 15.6. The first kappa shape index (κ1) is 30.8. The minimum absolute atomic E-state index is 0.106. The second-order valence-electron chi connectivity index (χ2n) is 13.2. The quantitative estimate of drug-likeness (QED) is 0.113. The molecule has 0 aromatic rings. The zero-order chi connectivity index (χ0) is 31.2. The number of allylic oxidation sites excluding steroid dienone is 3. The van der Waals surface area contributed by atoms with Gasteiger partial charge in [0, 0.05) is 30.3 Å². The van der Waals surface area contributed by atoms with Gasteiger partial charge in [-0.2, -0.15) is 0 Å². The predicted octanol–water partition coefficient (Wildman–Crippen LogP) is 2.80. The number of aliphatic hydroxyl groups excluding tert-OH is 2. The first-order valence-corrected chi connectivity index (χ1v) is 15.6. The molecule has 12 atom stereocenters. The predicted molar refractivity (Wildman–Crippen MR) is 153 cm³/mol. The van der Waals surface area contributed by atoms with E-state index < -0.39 is 88.9 Å². The highest BCUT2D eigenvalue weighted by atomic mass is 16.9. The Morgan fingerprint density at radius 2 is 1.91 bits per heavy atom. The van der Waals surface area contributed by atoms with Crippen LogP contribution in [0.5, 0.6) is 0 Å². The van der Waals surface area contributed by atoms with Crippen LogP contribution >= 0.6 is 0 Å². The molecule has 236 valence electrons. The zero-order valence-corrected chi connectivity index (χ0v) is 25.6. The Balaban J connectivity index is 1.55. The van der Waals surface area contributed by atoms with E-state index in [0.717, 1.165) is 25.7 Å². The maximum Gasteiger partial charge on any atom is 0.307 e. The molecule has 10 nitrogen and oxygen atoms in total. The van der Waals surface area contributed by atoms with Crippen molar-refractivity contribution >= 4 is 11.8 Å². The van der Waals surface area contributed by atoms with Gasteiger partial charge in [0.05, 0.1) is 12.2 Å². The van der Waals surface area contributed by atoms with Crippen LogP contribution in [0.2, 0.25) is 0 Å². The summed E-state index contributed by atoms with van der Waals surface area (Å²) >= 11 is 0. The number of Topliss-reactive ketones (excluding diaryl/α,β-unsaturated/α-hetero) is 1. The van der Waals surface area contributed by atoms with E-state index in [-0.39, 0.29) is 12.0 Å². The van der Waals surface area contributed by atoms with Crippen LogP contribution in [0.15, 0.2) is 48.1 Å². The van der Waals surface area contributed by atoms with E-state index in [4.69, 9.17) is 23.7 Å². The lowest BCUT2D eigenvalue weighted by atomic mass is 9.53. The molecule has 2 saturated carbocycles. The summed E-state index contributed by atoms with van der Waals surface area (Å²) in [4.78, 5) is 26.6. The number of fused-ring (bicyclic) bond motifs is 3. The standard InChI is InChI=1S/C33H44O10/c1-7-9-10-11-12-13-14-15-30-41-27-23-26-29(17-34,40-26)28(37)31(38)21(16-19(5)24(31)36)33(23,43-30)20(6)25(39-22(35)8-2)32(27,42-30)18(3)4/h12-16,20-21,23,25-28,34,37-38H,3,7-11,17H2,1-2,4-6H3/t20-,21-,23+,25-,26+,27-,28-,29+,30-,31-,32+,33+/m1/s1. The minimum atomic E-state index is -2.38. The molecule has 3 aliphatic carbocycles. The van der Waals surface area contributed by atoms with Crippen LogP contribution in [0.25, 0.3) is 0 Å². The van der Waals surface area contributed by atoms with Crippen molar-refractivity contribution < 1.29 is 48.6 Å². The van der Waals surface area contributed by atoms with Crippen LogP contribution < -0.4 is 0 Å². The number of hydrogen-bond donors (Lipinski definition) is 3. The fraction of sp³-hybridized carbons (Fsp3) is 0.697. The van der Waals surface area contributed by atoms with Crippen LogP contribution in [0.4, 0.5) is 0 Å². The van der Waals surface area contributed by atoms with Crippen LogP contribution in [0.1, 0.15) is 66.7 Å². The van der Waals surface area contributed by atoms with Crippen molar-refractivity contribution in [3.05, 3.63) is 48.1 Å². The summed E-state index contributed by atoms with van der Waals surface area (Å²) in [7, 11) is 0. The monoisotopic (exact) mass is 600 g/mol. The van der Waals surface area contributed by atoms with Gasteiger partial charge in [-0.05, 0) is 37.8 Å². The van der Waals surface area contributed by atoms with Crippen molar-refractivity contribution in [1.29, 1.82) is 0 Å². The molecule has 0 aromatic heterocycles. The van der Waals surface area contributed by atoms with Crippen molar-refractivity contribution in [1.82, 2.24) is 0 Å². The molecule has 0 spiro atoms. The molecule has 0 unspecified atom stereocenters. The molecule has 10 heteroatoms. The topological polar surface area (TPSA) is 144 Å². The number of unbranched alkanes of at least 4 members (excludes halogenated alkanes) is 3. The number of esters is 1. The van der Waals surface area contributed by atoms with E-state index in [9.17, 15) is 24.9 Å². The summed E-state index contributed by atoms with van der Waals surface area (Å²) in [5.74, 6) is -5.49. The molecule has 3 N–H and O–H groups in total. The molecule has 3 bridgehead atoms. The van der Waals surface area contributed by atoms with Crippen molar-refractivity contribution in [3.63, 3.8) is 0 Å². The lowest BCUT2D eigenvalue weighted by Gasteiger charge is -2.61. The Labute approximate surface area is 252 Å². The average molecular weight is 601 g/mol. The van der Waals surface area contributed by atoms with Gasteiger partial charge >= 0.3 is 11.9 Å². The number of aliphatic hydroxyl groups is 3. The van der Waals surface area contributed by atoms with Gasteiger partial charge in [-0.25, -0.2) is 0 Å². The molecule has 5 fully saturated rings. The van der Waals surface area contributed by atoms with Gasteiger partial charge in [0.2, 0.25) is 0 Å². The molecule has 3 saturated heterocycles. The third-order valence-electron chi connectivity index (χ3n) is 10.8. The highest BCUT2D eigenvalue weighted by Crippen LogP contribution is 2.73. The third kappa shape index (κ3) is 3.78. The lowest BCUT2D eigenvalue weighted by Crippen LogP contribution is -2.76. The molecule has 6 rings (SSSR count). The van der Waals surface area contributed by atoms with Gasteiger partial charge in [0.1, 0.15) is 30.0 Å². The molecule has 43 heavy (non-hydrogen) atoms. The van der Waals surface area contributed by atoms with Crippen LogP contribution in [-0.4, -0.2) is 86.5 Å². The van der Waals surface area contributed by atoms with E-state index >= 15 is 0 Å². The molecule has 6 aliphatic rings. The molecular weight excluding hydrogens is 556 g/mol. The second-order valence-corrected chi connectivity index (χ2v) is 13.2. The van der Waals surface area contributed by atoms with Gasteiger partial charge in [0.25, 0.3) is 0 Å². The van der Waals surface area contributed by atoms with Gasteiger partial charge in [-0.15, -0.1) is 0 Å². The average Bonchev–Trinajstić information content (AvgIpc) is 3.61. The fourth-order valence-electron chi connectivity index (χ4n) is 8.71. The minimum Gasteiger partial charge on any atom is -0.458 e. The molecule has 0 amide bonds. The van der Waals surface area contributed by atoms with Crippen molar-refractivity contribution in [2.24, 2.45) is 17.8 Å². The first-order chi connectivity index (χ1) is 20.4. The van der Waals surface area contributed by atoms with Gasteiger partial charge < -0.3 is 39.0 Å². The van der Waals surface area contributed by atoms with E-state index in [1.54, 1.807) is 39.0 Å². The summed E-state index contributed by atoms with van der Waals surface area (Å²) in [6.45, 7) is 12.7. The summed E-state index contributed by atoms with van der Waals surface area (Å²) in [6.07, 6.45) is 8.85. The summed E-state index contributed by atoms with van der Waals surface area (Å²) in [5.41, 5.74) is -6.12. The summed E-state index contributed by atoms with van der Waals surface area (Å²) in [6, 6.07) is 0. The third-order valence-corrected chi connectivity index (χ3v) is 10.8. The number of carbonyl (C=O) groups is 2. The van der Waals surface area contributed by atoms with Crippen LogP contribution in [-0.2, 0) is 33.3 Å². The Hall–Kier alpha value is -2.18. The highest BCUT2D eigenvalue weighted by molar-refractivity contribution is 6.05. The zero-order valence-electron chi connectivity index (χ0n) is 25.6. The van der Waals surface area contributed by atoms with Crippen LogP contribution in [0, 0.1) is 17.8 Å². The molecule has 3 heterocycles. The van der Waals surface area contributed by atoms with Crippen molar-refractivity contribution in [2.45, 2.75) is 120 Å². The van der Waals surface area contributed by atoms with E-state index in [0.29, 0.717) is 5.57 Å². The number of epoxide rings is 1. The molecular formula is C33H44O10. The van der Waals surface area contributed by atoms with E-state index in [1.165, 1.54) is 0 Å². The van der Waals surface area contributed by atoms with Crippen molar-refractivity contribution in [2.75, 3.05) is 6.61 Å². The Kier molecular flexibility index (Phi) is 7.29. The fourth-order valence-corrected chi connectivity index (χ4v) is 8.71. The number of ether oxygens (including phenoxy) is 5. The number of carbonyl (C=O) groups excluding carboxylic acids is 2. The second kappa shape index (κ2) is 10.2. The maximum atomic E-state index is 13.7. The van der Waals surface area contributed by atoms with E-state index in [1.807, 2.05) is 19.1 Å². The normalized spacial score (nSPS) is 49.1. The van der Waals surface area contributed by atoms with Crippen LogP contribution in [0.3, 0.4) is 0 Å². The summed E-state index contributed by atoms with van der Waals surface area (Å²) in [5, 5.41) is 34.6. The number of rotatable bonds is 10. The maximum absolute atomic E-state index is 13.7. The summed E-state index contributed by atoms with van der Waals surface area (Å²) < 4.78 is 32.7. The molecule has 0 radical (unpaired) electrons. The smallest absolute Gasteiger partial charge is 0.307 e. The van der Waals surface area contributed by atoms with Gasteiger partial charge in [-0.1, -0.05) is 64.5 Å². The van der Waals surface area contributed by atoms with Gasteiger partial charge in [0.15, 0.2) is 17.0 Å². The number of hydrogen-bond acceptors (Lipinski definition) is 10. The van der Waals surface area contributed by atoms with E-state index in [2.05, 4.69) is 13.5 Å². The largest absolute Gasteiger partial charge is 0.458 e. The SMILES string of the molecule is C=C(C)[C@@]12O[C@@]3(C=CC=CCCCCC)O[C@@H]1[C@@H]1[C@@H]4O[C@]4(CO)[C@@H](O)[C@]4(O)C(=O)C(C)=C[C@H]4[C@@]1(O3)[C@H](C)[C@H]2OC(=O)CC. The van der Waals surface area contributed by atoms with Crippen molar-refractivity contribution in [3.8, 4) is 0 Å².